The molecule has 100 valence electrons. The van der Waals surface area contributed by atoms with Crippen LogP contribution in [0, 0.1) is 0 Å². The van der Waals surface area contributed by atoms with Gasteiger partial charge in [0, 0.05) is 6.04 Å². The van der Waals surface area contributed by atoms with Crippen LogP contribution < -0.4 is 10.9 Å². The smallest absolute Gasteiger partial charge is 0.283 e. The van der Waals surface area contributed by atoms with Gasteiger partial charge in [0.15, 0.2) is 0 Å². The van der Waals surface area contributed by atoms with E-state index in [0.29, 0.717) is 10.5 Å². The molecular weight excluding hydrogens is 294 g/mol. The topological polar surface area (TPSA) is 46.9 Å². The van der Waals surface area contributed by atoms with Gasteiger partial charge in [0.05, 0.1) is 17.9 Å². The van der Waals surface area contributed by atoms with Gasteiger partial charge in [-0.25, -0.2) is 4.68 Å². The first-order valence-electron chi connectivity index (χ1n) is 6.63. The molecule has 0 bridgehead atoms. The van der Waals surface area contributed by atoms with Crippen molar-refractivity contribution < 1.29 is 0 Å². The maximum absolute atomic E-state index is 12.1. The molecule has 1 aromatic rings. The van der Waals surface area contributed by atoms with Crippen LogP contribution >= 0.6 is 15.9 Å². The number of hydrogen-bond acceptors (Lipinski definition) is 3. The fourth-order valence-corrected chi connectivity index (χ4v) is 2.78. The minimum Gasteiger partial charge on any atom is -0.380 e. The van der Waals surface area contributed by atoms with Gasteiger partial charge in [-0.3, -0.25) is 4.79 Å². The van der Waals surface area contributed by atoms with E-state index in [2.05, 4.69) is 26.3 Å². The van der Waals surface area contributed by atoms with E-state index in [1.165, 1.54) is 36.8 Å². The molecule has 0 atom stereocenters. The van der Waals surface area contributed by atoms with Gasteiger partial charge in [-0.2, -0.15) is 5.10 Å². The van der Waals surface area contributed by atoms with Crippen molar-refractivity contribution in [2.24, 2.45) is 0 Å². The van der Waals surface area contributed by atoms with Gasteiger partial charge in [-0.15, -0.1) is 0 Å². The second-order valence-electron chi connectivity index (χ2n) is 5.19. The number of halogens is 1. The lowest BCUT2D eigenvalue weighted by atomic mass is 9.95. The first kappa shape index (κ1) is 13.6. The molecule has 2 rings (SSSR count). The highest BCUT2D eigenvalue weighted by atomic mass is 79.9. The lowest BCUT2D eigenvalue weighted by Gasteiger charge is -2.24. The lowest BCUT2D eigenvalue weighted by molar-refractivity contribution is 0.461. The zero-order valence-corrected chi connectivity index (χ0v) is 12.5. The van der Waals surface area contributed by atoms with E-state index in [1.807, 2.05) is 13.8 Å². The number of aromatic nitrogens is 2. The fraction of sp³-hybridized carbons (Fsp3) is 0.692. The molecule has 18 heavy (non-hydrogen) atoms. The Morgan fingerprint density at radius 3 is 2.67 bits per heavy atom. The number of rotatable bonds is 3. The molecule has 1 saturated carbocycles. The molecule has 1 heterocycles. The predicted molar refractivity (Wildman–Crippen MR) is 77.1 cm³/mol. The van der Waals surface area contributed by atoms with Crippen LogP contribution in [-0.2, 0) is 0 Å². The zero-order chi connectivity index (χ0) is 13.1. The van der Waals surface area contributed by atoms with Crippen LogP contribution in [0.25, 0.3) is 0 Å². The summed E-state index contributed by atoms with van der Waals surface area (Å²) >= 11 is 3.39. The molecule has 4 nitrogen and oxygen atoms in total. The van der Waals surface area contributed by atoms with E-state index < -0.39 is 0 Å². The van der Waals surface area contributed by atoms with Gasteiger partial charge < -0.3 is 5.32 Å². The predicted octanol–water partition coefficient (Wildman–Crippen LogP) is 3.33. The molecule has 1 N–H and O–H groups in total. The highest BCUT2D eigenvalue weighted by molar-refractivity contribution is 9.10. The van der Waals surface area contributed by atoms with Crippen LogP contribution in [0.4, 0.5) is 5.69 Å². The summed E-state index contributed by atoms with van der Waals surface area (Å²) < 4.78 is 2.09. The minimum atomic E-state index is -0.0641. The largest absolute Gasteiger partial charge is 0.380 e. The van der Waals surface area contributed by atoms with Crippen LogP contribution in [0.2, 0.25) is 0 Å². The maximum Gasteiger partial charge on any atom is 0.283 e. The molecule has 1 aromatic heterocycles. The standard InChI is InChI=1S/C13H20BrN3O/c1-9(2)17-13(18)12(14)11(8-15-17)16-10-6-4-3-5-7-10/h8-10,16H,3-7H2,1-2H3. The monoisotopic (exact) mass is 313 g/mol. The van der Waals surface area contributed by atoms with Crippen molar-refractivity contribution in [3.8, 4) is 0 Å². The van der Waals surface area contributed by atoms with E-state index in [9.17, 15) is 4.79 Å². The van der Waals surface area contributed by atoms with Crippen molar-refractivity contribution in [3.63, 3.8) is 0 Å². The van der Waals surface area contributed by atoms with Gasteiger partial charge in [0.1, 0.15) is 4.47 Å². The quantitative estimate of drug-likeness (QED) is 0.931. The van der Waals surface area contributed by atoms with E-state index in [0.717, 1.165) is 5.69 Å². The highest BCUT2D eigenvalue weighted by Crippen LogP contribution is 2.24. The summed E-state index contributed by atoms with van der Waals surface area (Å²) in [5, 5.41) is 7.65. The van der Waals surface area contributed by atoms with E-state index in [4.69, 9.17) is 0 Å². The Labute approximate surface area is 116 Å². The zero-order valence-electron chi connectivity index (χ0n) is 10.9. The third kappa shape index (κ3) is 2.94. The molecule has 0 radical (unpaired) electrons. The average Bonchev–Trinajstić information content (AvgIpc) is 2.36. The summed E-state index contributed by atoms with van der Waals surface area (Å²) in [7, 11) is 0. The normalized spacial score (nSPS) is 17.1. The average molecular weight is 314 g/mol. The minimum absolute atomic E-state index is 0.0641. The number of nitrogens with zero attached hydrogens (tertiary/aromatic N) is 2. The summed E-state index contributed by atoms with van der Waals surface area (Å²) in [6.45, 7) is 3.91. The maximum atomic E-state index is 12.1. The fourth-order valence-electron chi connectivity index (χ4n) is 2.38. The van der Waals surface area contributed by atoms with Gasteiger partial charge >= 0.3 is 0 Å². The molecule has 0 aromatic carbocycles. The first-order chi connectivity index (χ1) is 8.59. The van der Waals surface area contributed by atoms with Crippen LogP contribution in [0.15, 0.2) is 15.5 Å². The van der Waals surface area contributed by atoms with E-state index in [1.54, 1.807) is 6.20 Å². The molecule has 0 amide bonds. The number of hydrogen-bond donors (Lipinski definition) is 1. The summed E-state index contributed by atoms with van der Waals surface area (Å²) in [6, 6.07) is 0.559. The summed E-state index contributed by atoms with van der Waals surface area (Å²) in [6.07, 6.45) is 7.98. The van der Waals surface area contributed by atoms with Gasteiger partial charge in [0.2, 0.25) is 0 Å². The Morgan fingerprint density at radius 1 is 1.39 bits per heavy atom. The summed E-state index contributed by atoms with van der Waals surface area (Å²) in [5.41, 5.74) is 0.759. The van der Waals surface area contributed by atoms with Crippen molar-refractivity contribution >= 4 is 21.6 Å². The molecule has 1 fully saturated rings. The second kappa shape index (κ2) is 5.87. The SMILES string of the molecule is CC(C)n1ncc(NC2CCCCC2)c(Br)c1=O. The van der Waals surface area contributed by atoms with Crippen molar-refractivity contribution in [2.45, 2.75) is 58.0 Å². The Balaban J connectivity index is 2.19. The van der Waals surface area contributed by atoms with Crippen LogP contribution in [0.5, 0.6) is 0 Å². The van der Waals surface area contributed by atoms with Crippen LogP contribution in [-0.4, -0.2) is 15.8 Å². The van der Waals surface area contributed by atoms with Gasteiger partial charge in [-0.1, -0.05) is 19.3 Å². The highest BCUT2D eigenvalue weighted by Gasteiger charge is 2.16. The second-order valence-corrected chi connectivity index (χ2v) is 5.99. The van der Waals surface area contributed by atoms with Crippen molar-refractivity contribution in [1.82, 2.24) is 9.78 Å². The Hall–Kier alpha value is -0.840. The Bertz CT molecular complexity index is 464. The van der Waals surface area contributed by atoms with Gasteiger partial charge in [-0.05, 0) is 42.6 Å². The summed E-state index contributed by atoms with van der Waals surface area (Å²) in [4.78, 5) is 12.1. The van der Waals surface area contributed by atoms with Crippen LogP contribution in [0.3, 0.4) is 0 Å². The number of nitrogens with one attached hydrogen (secondary N) is 1. The molecule has 1 aliphatic carbocycles. The molecule has 0 aliphatic heterocycles. The van der Waals surface area contributed by atoms with Gasteiger partial charge in [0.25, 0.3) is 5.56 Å². The van der Waals surface area contributed by atoms with Crippen molar-refractivity contribution in [3.05, 3.63) is 21.0 Å². The lowest BCUT2D eigenvalue weighted by Crippen LogP contribution is -2.28. The van der Waals surface area contributed by atoms with Crippen molar-refractivity contribution in [1.29, 1.82) is 0 Å². The molecule has 0 spiro atoms. The Morgan fingerprint density at radius 2 is 2.06 bits per heavy atom. The van der Waals surface area contributed by atoms with E-state index >= 15 is 0 Å². The summed E-state index contributed by atoms with van der Waals surface area (Å²) in [5.74, 6) is 0. The Kier molecular flexibility index (Phi) is 4.43. The molecule has 0 saturated heterocycles. The molecule has 1 aliphatic rings. The first-order valence-corrected chi connectivity index (χ1v) is 7.42. The molecule has 0 unspecified atom stereocenters. The molecular formula is C13H20BrN3O. The van der Waals surface area contributed by atoms with Crippen molar-refractivity contribution in [2.75, 3.05) is 5.32 Å². The van der Waals surface area contributed by atoms with E-state index in [-0.39, 0.29) is 11.6 Å². The number of anilines is 1. The van der Waals surface area contributed by atoms with Crippen LogP contribution in [0.1, 0.15) is 52.0 Å². The third-order valence-electron chi connectivity index (χ3n) is 3.40. The molecule has 5 heteroatoms. The third-order valence-corrected chi connectivity index (χ3v) is 4.16.